The van der Waals surface area contributed by atoms with Crippen LogP contribution in [0.1, 0.15) is 19.4 Å². The molecule has 0 aliphatic heterocycles. The van der Waals surface area contributed by atoms with Gasteiger partial charge in [-0.15, -0.1) is 0 Å². The van der Waals surface area contributed by atoms with Gasteiger partial charge in [-0.3, -0.25) is 19.2 Å². The molecule has 1 aromatic rings. The predicted molar refractivity (Wildman–Crippen MR) is 108 cm³/mol. The van der Waals surface area contributed by atoms with Crippen molar-refractivity contribution in [1.82, 2.24) is 10.6 Å². The van der Waals surface area contributed by atoms with Crippen molar-refractivity contribution in [3.63, 3.8) is 0 Å². The molecule has 0 saturated heterocycles. The molecule has 1 rings (SSSR count). The molecule has 0 fully saturated rings. The monoisotopic (exact) mass is 436 g/mol. The summed E-state index contributed by atoms with van der Waals surface area (Å²) in [6, 6.07) is 6.57. The molecule has 2 amide bonds. The highest BCUT2D eigenvalue weighted by molar-refractivity contribution is 5.97. The molecule has 0 unspecified atom stereocenters. The quantitative estimate of drug-likeness (QED) is 0.297. The van der Waals surface area contributed by atoms with E-state index >= 15 is 0 Å². The van der Waals surface area contributed by atoms with E-state index in [0.717, 1.165) is 26.9 Å². The van der Waals surface area contributed by atoms with E-state index in [1.807, 2.05) is 6.07 Å². The Hall–Kier alpha value is -3.43. The van der Waals surface area contributed by atoms with Crippen molar-refractivity contribution in [2.45, 2.75) is 32.4 Å². The molecule has 2 N–H and O–H groups in total. The summed E-state index contributed by atoms with van der Waals surface area (Å²) in [5.74, 6) is -6.40. The van der Waals surface area contributed by atoms with Crippen molar-refractivity contribution in [1.29, 1.82) is 0 Å². The molecule has 10 nitrogen and oxygen atoms in total. The summed E-state index contributed by atoms with van der Waals surface area (Å²) in [4.78, 5) is 61.2. The van der Waals surface area contributed by atoms with Gasteiger partial charge in [-0.05, 0) is 5.56 Å². The van der Waals surface area contributed by atoms with Gasteiger partial charge in [0.15, 0.2) is 5.92 Å². The first kappa shape index (κ1) is 25.6. The molecule has 0 spiro atoms. The first-order valence-corrected chi connectivity index (χ1v) is 9.51. The third-order valence-corrected chi connectivity index (χ3v) is 4.69. The van der Waals surface area contributed by atoms with Crippen molar-refractivity contribution >= 4 is 29.7 Å². The normalized spacial score (nSPS) is 13.4. The Morgan fingerprint density at radius 2 is 1.35 bits per heavy atom. The molecular formula is C21H28N2O8. The van der Waals surface area contributed by atoms with Gasteiger partial charge in [-0.1, -0.05) is 37.3 Å². The third kappa shape index (κ3) is 7.40. The Morgan fingerprint density at radius 1 is 0.839 bits per heavy atom. The highest BCUT2D eigenvalue weighted by Gasteiger charge is 2.43. The summed E-state index contributed by atoms with van der Waals surface area (Å²) >= 11 is 0. The van der Waals surface area contributed by atoms with Crippen LogP contribution in [-0.4, -0.2) is 63.1 Å². The lowest BCUT2D eigenvalue weighted by molar-refractivity contribution is -0.163. The second-order valence-electron chi connectivity index (χ2n) is 6.84. The minimum absolute atomic E-state index is 0.159. The third-order valence-electron chi connectivity index (χ3n) is 4.69. The SMILES string of the molecule is COC(=O)C(C(=O)OC)[C@H](C)[C@@H](NC(=O)[C@H](Cc1ccccc1)NC(C)=O)C(=O)OC. The van der Waals surface area contributed by atoms with E-state index in [0.29, 0.717) is 0 Å². The summed E-state index contributed by atoms with van der Waals surface area (Å²) in [5, 5.41) is 5.03. The molecule has 0 bridgehead atoms. The first-order chi connectivity index (χ1) is 14.7. The van der Waals surface area contributed by atoms with Crippen molar-refractivity contribution in [3.8, 4) is 0 Å². The van der Waals surface area contributed by atoms with Gasteiger partial charge in [0.25, 0.3) is 0 Å². The van der Waals surface area contributed by atoms with Gasteiger partial charge in [0.05, 0.1) is 21.3 Å². The number of benzene rings is 1. The van der Waals surface area contributed by atoms with Crippen LogP contribution in [0.4, 0.5) is 0 Å². The number of hydrogen-bond acceptors (Lipinski definition) is 8. The fraction of sp³-hybridized carbons (Fsp3) is 0.476. The van der Waals surface area contributed by atoms with E-state index in [2.05, 4.69) is 20.1 Å². The molecule has 1 aromatic carbocycles. The van der Waals surface area contributed by atoms with Crippen LogP contribution < -0.4 is 10.6 Å². The maximum Gasteiger partial charge on any atom is 0.328 e. The Morgan fingerprint density at radius 3 is 1.81 bits per heavy atom. The number of methoxy groups -OCH3 is 3. The van der Waals surface area contributed by atoms with E-state index in [1.165, 1.54) is 13.8 Å². The highest BCUT2D eigenvalue weighted by Crippen LogP contribution is 2.21. The summed E-state index contributed by atoms with van der Waals surface area (Å²) in [7, 11) is 3.28. The van der Waals surface area contributed by atoms with E-state index in [4.69, 9.17) is 4.74 Å². The number of carbonyl (C=O) groups excluding carboxylic acids is 5. The molecule has 0 aliphatic carbocycles. The van der Waals surface area contributed by atoms with Crippen LogP contribution in [0.15, 0.2) is 30.3 Å². The van der Waals surface area contributed by atoms with Crippen LogP contribution in [0.5, 0.6) is 0 Å². The Bertz CT molecular complexity index is 780. The number of carbonyl (C=O) groups is 5. The molecule has 170 valence electrons. The number of hydrogen-bond donors (Lipinski definition) is 2. The average molecular weight is 436 g/mol. The highest BCUT2D eigenvalue weighted by atomic mass is 16.5. The van der Waals surface area contributed by atoms with Crippen LogP contribution in [0.25, 0.3) is 0 Å². The minimum atomic E-state index is -1.48. The number of ether oxygens (including phenoxy) is 3. The molecule has 0 aliphatic rings. The molecule has 0 radical (unpaired) electrons. The largest absolute Gasteiger partial charge is 0.468 e. The molecule has 31 heavy (non-hydrogen) atoms. The van der Waals surface area contributed by atoms with Crippen LogP contribution in [0.3, 0.4) is 0 Å². The average Bonchev–Trinajstić information content (AvgIpc) is 2.76. The Labute approximate surface area is 180 Å². The van der Waals surface area contributed by atoms with Crippen molar-refractivity contribution in [3.05, 3.63) is 35.9 Å². The maximum atomic E-state index is 13.0. The lowest BCUT2D eigenvalue weighted by Gasteiger charge is -2.28. The molecule has 3 atom stereocenters. The van der Waals surface area contributed by atoms with Crippen LogP contribution in [-0.2, 0) is 44.6 Å². The van der Waals surface area contributed by atoms with Crippen molar-refractivity contribution in [2.75, 3.05) is 21.3 Å². The van der Waals surface area contributed by atoms with Crippen LogP contribution >= 0.6 is 0 Å². The van der Waals surface area contributed by atoms with E-state index < -0.39 is 53.6 Å². The molecular weight excluding hydrogens is 408 g/mol. The number of esters is 3. The zero-order chi connectivity index (χ0) is 23.6. The maximum absolute atomic E-state index is 13.0. The van der Waals surface area contributed by atoms with Crippen molar-refractivity contribution in [2.24, 2.45) is 11.8 Å². The molecule has 0 saturated carbocycles. The molecule has 10 heteroatoms. The summed E-state index contributed by atoms with van der Waals surface area (Å²) in [6.45, 7) is 2.67. The van der Waals surface area contributed by atoms with E-state index in [9.17, 15) is 24.0 Å². The van der Waals surface area contributed by atoms with Gasteiger partial charge in [0, 0.05) is 19.3 Å². The molecule has 0 heterocycles. The lowest BCUT2D eigenvalue weighted by atomic mass is 9.87. The van der Waals surface area contributed by atoms with Crippen LogP contribution in [0, 0.1) is 11.8 Å². The van der Waals surface area contributed by atoms with Crippen LogP contribution in [0.2, 0.25) is 0 Å². The summed E-state index contributed by atoms with van der Waals surface area (Å²) in [6.07, 6.45) is 0.159. The fourth-order valence-corrected chi connectivity index (χ4v) is 3.06. The van der Waals surface area contributed by atoms with E-state index in [-0.39, 0.29) is 6.42 Å². The second kappa shape index (κ2) is 12.3. The second-order valence-corrected chi connectivity index (χ2v) is 6.84. The van der Waals surface area contributed by atoms with Gasteiger partial charge in [0.2, 0.25) is 11.8 Å². The van der Waals surface area contributed by atoms with E-state index in [1.54, 1.807) is 24.3 Å². The predicted octanol–water partition coefficient (Wildman–Crippen LogP) is -0.0101. The van der Waals surface area contributed by atoms with Gasteiger partial charge in [-0.25, -0.2) is 4.79 Å². The fourth-order valence-electron chi connectivity index (χ4n) is 3.06. The smallest absolute Gasteiger partial charge is 0.328 e. The summed E-state index contributed by atoms with van der Waals surface area (Å²) in [5.41, 5.74) is 0.779. The topological polar surface area (TPSA) is 137 Å². The van der Waals surface area contributed by atoms with Gasteiger partial charge < -0.3 is 24.8 Å². The van der Waals surface area contributed by atoms with Crippen molar-refractivity contribution < 1.29 is 38.2 Å². The lowest BCUT2D eigenvalue weighted by Crippen LogP contribution is -2.56. The first-order valence-electron chi connectivity index (χ1n) is 9.51. The minimum Gasteiger partial charge on any atom is -0.468 e. The van der Waals surface area contributed by atoms with Gasteiger partial charge >= 0.3 is 17.9 Å². The standard InChI is InChI=1S/C21H28N2O8/c1-12(16(19(26)29-3)20(27)30-4)17(21(28)31-5)23-18(25)15(22-13(2)24)11-14-9-7-6-8-10-14/h6-10,12,15-17H,11H2,1-5H3,(H,22,24)(H,23,25)/t12-,15-,17+/m0/s1. The molecule has 0 aromatic heterocycles. The Kier molecular flexibility index (Phi) is 10.2. The number of rotatable bonds is 10. The Balaban J connectivity index is 3.17. The zero-order valence-electron chi connectivity index (χ0n) is 18.2. The summed E-state index contributed by atoms with van der Waals surface area (Å²) < 4.78 is 14.0. The zero-order valence-corrected chi connectivity index (χ0v) is 18.2. The number of amides is 2. The number of nitrogens with one attached hydrogen (secondary N) is 2. The van der Waals surface area contributed by atoms with Gasteiger partial charge in [0.1, 0.15) is 12.1 Å². The van der Waals surface area contributed by atoms with Gasteiger partial charge in [-0.2, -0.15) is 0 Å².